The number of rotatable bonds is 9. The summed E-state index contributed by atoms with van der Waals surface area (Å²) in [6, 6.07) is 9.92. The summed E-state index contributed by atoms with van der Waals surface area (Å²) in [4.78, 5) is 42.2. The molecule has 7 nitrogen and oxygen atoms in total. The van der Waals surface area contributed by atoms with Crippen molar-refractivity contribution in [3.8, 4) is 0 Å². The number of amides is 3. The van der Waals surface area contributed by atoms with E-state index in [2.05, 4.69) is 10.6 Å². The lowest BCUT2D eigenvalue weighted by Crippen LogP contribution is -2.52. The molecule has 0 aromatic heterocycles. The van der Waals surface area contributed by atoms with Gasteiger partial charge in [0.2, 0.25) is 5.91 Å². The first kappa shape index (κ1) is 30.9. The quantitative estimate of drug-likeness (QED) is 0.399. The number of ether oxygens (including phenoxy) is 1. The Morgan fingerprint density at radius 3 is 2.03 bits per heavy atom. The number of anilines is 1. The minimum absolute atomic E-state index is 0.126. The van der Waals surface area contributed by atoms with Crippen molar-refractivity contribution in [2.24, 2.45) is 5.92 Å². The molecule has 0 saturated heterocycles. The lowest BCUT2D eigenvalue weighted by atomic mass is 9.96. The van der Waals surface area contributed by atoms with E-state index in [1.165, 1.54) is 0 Å². The van der Waals surface area contributed by atoms with Gasteiger partial charge in [0.05, 0.1) is 0 Å². The van der Waals surface area contributed by atoms with Crippen LogP contribution in [0.15, 0.2) is 36.4 Å². The van der Waals surface area contributed by atoms with Crippen molar-refractivity contribution >= 4 is 23.6 Å². The van der Waals surface area contributed by atoms with Crippen molar-refractivity contribution in [3.63, 3.8) is 0 Å². The predicted molar refractivity (Wildman–Crippen MR) is 153 cm³/mol. The number of para-hydroxylation sites is 1. The predicted octanol–water partition coefficient (Wildman–Crippen LogP) is 6.39. The summed E-state index contributed by atoms with van der Waals surface area (Å²) in [5.41, 5.74) is 4.76. The number of aryl methyl sites for hydroxylation is 4. The minimum Gasteiger partial charge on any atom is -0.444 e. The number of nitrogens with one attached hydrogen (secondary N) is 2. The summed E-state index contributed by atoms with van der Waals surface area (Å²) in [5, 5.41) is 5.86. The van der Waals surface area contributed by atoms with E-state index in [1.807, 2.05) is 84.9 Å². The molecule has 7 heteroatoms. The van der Waals surface area contributed by atoms with Gasteiger partial charge in [-0.1, -0.05) is 50.2 Å². The topological polar surface area (TPSA) is 87.7 Å². The van der Waals surface area contributed by atoms with Crippen LogP contribution in [0.3, 0.4) is 0 Å². The first-order valence-electron chi connectivity index (χ1n) is 13.4. The molecular formula is C31H45N3O4. The van der Waals surface area contributed by atoms with Gasteiger partial charge in [0.25, 0.3) is 5.91 Å². The van der Waals surface area contributed by atoms with Gasteiger partial charge in [-0.3, -0.25) is 9.59 Å². The maximum absolute atomic E-state index is 14.0. The summed E-state index contributed by atoms with van der Waals surface area (Å²) in [7, 11) is 0. The average molecular weight is 524 g/mol. The smallest absolute Gasteiger partial charge is 0.408 e. The Kier molecular flexibility index (Phi) is 10.5. The maximum Gasteiger partial charge on any atom is 0.408 e. The second kappa shape index (κ2) is 12.9. The number of alkyl carbamates (subject to hydrolysis) is 1. The van der Waals surface area contributed by atoms with E-state index in [-0.39, 0.29) is 24.3 Å². The van der Waals surface area contributed by atoms with Crippen LogP contribution in [0.4, 0.5) is 10.5 Å². The van der Waals surface area contributed by atoms with Crippen LogP contribution in [0, 0.1) is 33.6 Å². The fraction of sp³-hybridized carbons (Fsp3) is 0.516. The van der Waals surface area contributed by atoms with Crippen LogP contribution >= 0.6 is 0 Å². The van der Waals surface area contributed by atoms with Crippen LogP contribution < -0.4 is 10.6 Å². The molecule has 2 aromatic rings. The normalized spacial score (nSPS) is 13.0. The highest BCUT2D eigenvalue weighted by atomic mass is 16.6. The lowest BCUT2D eigenvalue weighted by molar-refractivity contribution is -0.140. The van der Waals surface area contributed by atoms with E-state index in [0.717, 1.165) is 27.9 Å². The molecule has 208 valence electrons. The number of likely N-dealkylation sites (N-methyl/N-ethyl adjacent to an activating group) is 1. The zero-order chi connectivity index (χ0) is 28.8. The highest BCUT2D eigenvalue weighted by molar-refractivity contribution is 6.00. The van der Waals surface area contributed by atoms with Crippen molar-refractivity contribution in [2.45, 2.75) is 93.3 Å². The second-order valence-electron chi connectivity index (χ2n) is 11.5. The zero-order valence-electron chi connectivity index (χ0n) is 24.7. The van der Waals surface area contributed by atoms with Gasteiger partial charge in [-0.05, 0) is 95.5 Å². The maximum atomic E-state index is 14.0. The minimum atomic E-state index is -0.888. The monoisotopic (exact) mass is 523 g/mol. The first-order valence-corrected chi connectivity index (χ1v) is 13.4. The third-order valence-corrected chi connectivity index (χ3v) is 6.46. The molecule has 2 rings (SSSR count). The molecule has 0 aliphatic heterocycles. The summed E-state index contributed by atoms with van der Waals surface area (Å²) >= 11 is 0. The molecule has 2 N–H and O–H groups in total. The van der Waals surface area contributed by atoms with Crippen LogP contribution in [0.1, 0.15) is 81.8 Å². The van der Waals surface area contributed by atoms with E-state index in [4.69, 9.17) is 4.74 Å². The van der Waals surface area contributed by atoms with Crippen LogP contribution in [-0.4, -0.2) is 41.0 Å². The van der Waals surface area contributed by atoms with Gasteiger partial charge in [0.1, 0.15) is 17.7 Å². The molecule has 0 bridgehead atoms. The van der Waals surface area contributed by atoms with Gasteiger partial charge < -0.3 is 20.3 Å². The average Bonchev–Trinajstić information content (AvgIpc) is 2.79. The Morgan fingerprint density at radius 2 is 1.53 bits per heavy atom. The molecule has 2 aromatic carbocycles. The van der Waals surface area contributed by atoms with Gasteiger partial charge in [0, 0.05) is 12.2 Å². The van der Waals surface area contributed by atoms with Crippen LogP contribution in [-0.2, 0) is 14.3 Å². The number of hydrogen-bond donors (Lipinski definition) is 2. The molecule has 2 atom stereocenters. The van der Waals surface area contributed by atoms with Crippen molar-refractivity contribution in [3.05, 3.63) is 64.2 Å². The number of carbonyl (C=O) groups excluding carboxylic acids is 3. The van der Waals surface area contributed by atoms with Crippen molar-refractivity contribution in [1.29, 1.82) is 0 Å². The van der Waals surface area contributed by atoms with Crippen molar-refractivity contribution in [2.75, 3.05) is 11.9 Å². The number of nitrogens with zero attached hydrogens (tertiary/aromatic N) is 1. The van der Waals surface area contributed by atoms with E-state index in [1.54, 1.807) is 25.7 Å². The molecule has 0 aliphatic carbocycles. The van der Waals surface area contributed by atoms with Gasteiger partial charge >= 0.3 is 6.09 Å². The fourth-order valence-corrected chi connectivity index (χ4v) is 4.42. The highest BCUT2D eigenvalue weighted by Gasteiger charge is 2.36. The number of benzene rings is 2. The largest absolute Gasteiger partial charge is 0.444 e. The van der Waals surface area contributed by atoms with Crippen LogP contribution in [0.5, 0.6) is 0 Å². The molecule has 0 aliphatic rings. The first-order chi connectivity index (χ1) is 17.6. The molecule has 3 amide bonds. The summed E-state index contributed by atoms with van der Waals surface area (Å²) in [5.74, 6) is -0.505. The summed E-state index contributed by atoms with van der Waals surface area (Å²) in [6.07, 6.45) is -0.248. The highest BCUT2D eigenvalue weighted by Crippen LogP contribution is 2.28. The molecule has 2 unspecified atom stereocenters. The fourth-order valence-electron chi connectivity index (χ4n) is 4.42. The second-order valence-corrected chi connectivity index (χ2v) is 11.5. The Morgan fingerprint density at radius 1 is 0.921 bits per heavy atom. The Labute approximate surface area is 228 Å². The third-order valence-electron chi connectivity index (χ3n) is 6.46. The SMILES string of the molecule is CCN(C(=O)C(CC(C)C)NC(=O)OC(C)(C)C)C(C(=O)Nc1c(C)cccc1C)c1ccc(C)c(C)c1. The van der Waals surface area contributed by atoms with E-state index in [9.17, 15) is 14.4 Å². The van der Waals surface area contributed by atoms with Gasteiger partial charge in [-0.2, -0.15) is 0 Å². The van der Waals surface area contributed by atoms with E-state index >= 15 is 0 Å². The van der Waals surface area contributed by atoms with Gasteiger partial charge in [-0.25, -0.2) is 4.79 Å². The van der Waals surface area contributed by atoms with Crippen LogP contribution in [0.2, 0.25) is 0 Å². The molecule has 0 saturated carbocycles. The molecule has 0 heterocycles. The van der Waals surface area contributed by atoms with E-state index < -0.39 is 23.8 Å². The third kappa shape index (κ3) is 8.33. The lowest BCUT2D eigenvalue weighted by Gasteiger charge is -2.34. The molecule has 0 spiro atoms. The molecule has 0 fully saturated rings. The van der Waals surface area contributed by atoms with Crippen molar-refractivity contribution < 1.29 is 19.1 Å². The van der Waals surface area contributed by atoms with Crippen LogP contribution in [0.25, 0.3) is 0 Å². The van der Waals surface area contributed by atoms with Crippen molar-refractivity contribution in [1.82, 2.24) is 10.2 Å². The van der Waals surface area contributed by atoms with Gasteiger partial charge in [0.15, 0.2) is 0 Å². The Bertz CT molecular complexity index is 1130. The Balaban J connectivity index is 2.53. The number of hydrogen-bond acceptors (Lipinski definition) is 4. The molecule has 38 heavy (non-hydrogen) atoms. The zero-order valence-corrected chi connectivity index (χ0v) is 24.7. The summed E-state index contributed by atoms with van der Waals surface area (Å²) in [6.45, 7) is 19.3. The number of carbonyl (C=O) groups is 3. The molecular weight excluding hydrogens is 478 g/mol. The Hall–Kier alpha value is -3.35. The summed E-state index contributed by atoms with van der Waals surface area (Å²) < 4.78 is 5.44. The molecule has 0 radical (unpaired) electrons. The van der Waals surface area contributed by atoms with E-state index in [0.29, 0.717) is 12.0 Å². The standard InChI is InChI=1S/C31H45N3O4/c1-11-34(29(36)25(17-19(2)3)32-30(37)38-31(8,9)10)27(24-16-15-20(4)23(7)18-24)28(35)33-26-21(5)13-12-14-22(26)6/h12-16,18-19,25,27H,11,17H2,1-10H3,(H,32,37)(H,33,35). The van der Waals surface area contributed by atoms with Gasteiger partial charge in [-0.15, -0.1) is 0 Å².